The Morgan fingerprint density at radius 1 is 0.774 bits per heavy atom. The molecule has 0 amide bonds. The van der Waals surface area contributed by atoms with Gasteiger partial charge < -0.3 is 28.7 Å². The van der Waals surface area contributed by atoms with E-state index < -0.39 is 7.26 Å². The van der Waals surface area contributed by atoms with E-state index >= 15 is 0 Å². The third-order valence-electron chi connectivity index (χ3n) is 5.37. The van der Waals surface area contributed by atoms with Gasteiger partial charge in [-0.2, -0.15) is 0 Å². The van der Waals surface area contributed by atoms with Gasteiger partial charge >= 0.3 is 5.97 Å². The monoisotopic (exact) mass is 544 g/mol. The summed E-state index contributed by atoms with van der Waals surface area (Å²) in [6.45, 7) is 3.93. The van der Waals surface area contributed by atoms with Crippen molar-refractivity contribution < 1.29 is 33.5 Å². The van der Waals surface area contributed by atoms with E-state index in [0.29, 0.717) is 6.61 Å². The molecule has 0 aromatic heterocycles. The Labute approximate surface area is 204 Å². The van der Waals surface area contributed by atoms with Crippen molar-refractivity contribution in [2.45, 2.75) is 26.7 Å². The summed E-state index contributed by atoms with van der Waals surface area (Å²) in [5, 5.41) is 4.26. The van der Waals surface area contributed by atoms with Crippen LogP contribution in [0.25, 0.3) is 0 Å². The predicted octanol–water partition coefficient (Wildman–Crippen LogP) is 2.27. The number of carbonyl (C=O) groups excluding carboxylic acids is 1. The fourth-order valence-corrected chi connectivity index (χ4v) is 8.23. The molecule has 0 spiro atoms. The van der Waals surface area contributed by atoms with Crippen LogP contribution >= 0.6 is 7.26 Å². The van der Waals surface area contributed by atoms with E-state index in [1.54, 1.807) is 0 Å². The molecule has 0 atom stereocenters. The zero-order valence-corrected chi connectivity index (χ0v) is 21.3. The second-order valence-electron chi connectivity index (χ2n) is 7.50. The molecule has 0 heterocycles. The Kier molecular flexibility index (Phi) is 10.4. The minimum atomic E-state index is -1.76. The van der Waals surface area contributed by atoms with Crippen LogP contribution in [0.3, 0.4) is 0 Å². The first kappa shape index (κ1) is 25.3. The van der Waals surface area contributed by atoms with Crippen LogP contribution in [0.15, 0.2) is 103 Å². The number of hydrogen-bond acceptors (Lipinski definition) is 2. The first-order valence-corrected chi connectivity index (χ1v) is 12.4. The van der Waals surface area contributed by atoms with Crippen LogP contribution in [0.2, 0.25) is 0 Å². The van der Waals surface area contributed by atoms with Gasteiger partial charge in [-0.1, -0.05) is 60.2 Å². The molecule has 0 unspecified atom stereocenters. The van der Waals surface area contributed by atoms with Crippen molar-refractivity contribution in [3.63, 3.8) is 0 Å². The summed E-state index contributed by atoms with van der Waals surface area (Å²) in [5.74, 6) is -0.235. The number of rotatable bonds is 9. The third kappa shape index (κ3) is 6.75. The minimum absolute atomic E-state index is 0. The minimum Gasteiger partial charge on any atom is -1.00 e. The lowest BCUT2D eigenvalue weighted by atomic mass is 10.2. The molecule has 31 heavy (non-hydrogen) atoms. The molecule has 0 aliphatic rings. The summed E-state index contributed by atoms with van der Waals surface area (Å²) in [4.78, 5) is 11.0. The summed E-state index contributed by atoms with van der Waals surface area (Å²) >= 11 is 0. The van der Waals surface area contributed by atoms with Crippen LogP contribution in [0, 0.1) is 0 Å². The summed E-state index contributed by atoms with van der Waals surface area (Å²) < 4.78 is 5.06. The van der Waals surface area contributed by atoms with Gasteiger partial charge in [0.15, 0.2) is 0 Å². The highest BCUT2D eigenvalue weighted by Gasteiger charge is 2.44. The summed E-state index contributed by atoms with van der Waals surface area (Å²) in [5.41, 5.74) is 1.27. The molecule has 3 aromatic rings. The standard InChI is InChI=1S/C27H30O2P.HI/c1-23(20-21-29-24(2)28)13-12-22-30(25-14-6-3-7-15-25,26-16-8-4-9-17-26)27-18-10-5-11-19-27;/h3-11,14-20H,12-13,21-22H2,1-2H3;1H/q+1;/p-1/b23-20-;. The van der Waals surface area contributed by atoms with E-state index in [9.17, 15) is 4.79 Å². The first-order valence-electron chi connectivity index (χ1n) is 10.5. The van der Waals surface area contributed by atoms with Crippen molar-refractivity contribution >= 4 is 29.1 Å². The third-order valence-corrected chi connectivity index (χ3v) is 9.90. The molecule has 3 rings (SSSR count). The number of hydrogen-bond donors (Lipinski definition) is 0. The van der Waals surface area contributed by atoms with Crippen molar-refractivity contribution in [2.24, 2.45) is 0 Å². The largest absolute Gasteiger partial charge is 1.00 e. The molecule has 0 bridgehead atoms. The molecule has 0 aliphatic carbocycles. The highest BCUT2D eigenvalue weighted by molar-refractivity contribution is 7.95. The summed E-state index contributed by atoms with van der Waals surface area (Å²) in [6.07, 6.45) is 5.20. The topological polar surface area (TPSA) is 26.3 Å². The Bertz CT molecular complexity index is 860. The maximum Gasteiger partial charge on any atom is 0.302 e. The van der Waals surface area contributed by atoms with Crippen LogP contribution in [0.4, 0.5) is 0 Å². The molecule has 0 saturated heterocycles. The van der Waals surface area contributed by atoms with Gasteiger partial charge in [-0.25, -0.2) is 0 Å². The predicted molar refractivity (Wildman–Crippen MR) is 130 cm³/mol. The highest BCUT2D eigenvalue weighted by atomic mass is 127. The van der Waals surface area contributed by atoms with E-state index in [2.05, 4.69) is 97.9 Å². The Hall–Kier alpha value is -1.97. The average Bonchev–Trinajstić information content (AvgIpc) is 2.78. The second kappa shape index (κ2) is 12.8. The number of esters is 1. The van der Waals surface area contributed by atoms with Gasteiger partial charge in [0, 0.05) is 6.92 Å². The molecule has 0 fully saturated rings. The van der Waals surface area contributed by atoms with Crippen molar-refractivity contribution in [2.75, 3.05) is 12.8 Å². The molecular weight excluding hydrogens is 514 g/mol. The van der Waals surface area contributed by atoms with Crippen molar-refractivity contribution in [3.8, 4) is 0 Å². The van der Waals surface area contributed by atoms with E-state index in [-0.39, 0.29) is 29.9 Å². The quantitative estimate of drug-likeness (QED) is 0.179. The van der Waals surface area contributed by atoms with E-state index in [0.717, 1.165) is 19.0 Å². The fraction of sp³-hybridized carbons (Fsp3) is 0.222. The van der Waals surface area contributed by atoms with Gasteiger partial charge in [-0.15, -0.1) is 0 Å². The van der Waals surface area contributed by atoms with Gasteiger partial charge in [0.05, 0.1) is 6.16 Å². The van der Waals surface area contributed by atoms with Crippen LogP contribution in [-0.4, -0.2) is 18.7 Å². The maximum atomic E-state index is 11.0. The highest BCUT2D eigenvalue weighted by Crippen LogP contribution is 2.56. The Morgan fingerprint density at radius 2 is 1.19 bits per heavy atom. The summed E-state index contributed by atoms with van der Waals surface area (Å²) in [7, 11) is -1.76. The van der Waals surface area contributed by atoms with Crippen molar-refractivity contribution in [1.29, 1.82) is 0 Å². The van der Waals surface area contributed by atoms with Crippen molar-refractivity contribution in [3.05, 3.63) is 103 Å². The first-order chi connectivity index (χ1) is 14.6. The Balaban J connectivity index is 0.00000341. The maximum absolute atomic E-state index is 11.0. The molecule has 0 radical (unpaired) electrons. The molecule has 0 saturated carbocycles. The molecule has 4 heteroatoms. The normalized spacial score (nSPS) is 11.5. The molecule has 0 N–H and O–H groups in total. The van der Waals surface area contributed by atoms with Crippen LogP contribution < -0.4 is 39.9 Å². The van der Waals surface area contributed by atoms with Gasteiger partial charge in [-0.05, 0) is 62.2 Å². The number of ether oxygens (including phenoxy) is 1. The number of benzene rings is 3. The second-order valence-corrected chi connectivity index (χ2v) is 11.1. The molecule has 2 nitrogen and oxygen atoms in total. The van der Waals surface area contributed by atoms with Gasteiger partial charge in [-0.3, -0.25) is 4.79 Å². The zero-order valence-electron chi connectivity index (χ0n) is 18.2. The van der Waals surface area contributed by atoms with Gasteiger partial charge in [0.2, 0.25) is 0 Å². The van der Waals surface area contributed by atoms with Crippen LogP contribution in [0.5, 0.6) is 0 Å². The lowest BCUT2D eigenvalue weighted by Crippen LogP contribution is -3.00. The molecular formula is C27H30IO2P. The van der Waals surface area contributed by atoms with Gasteiger partial charge in [0.25, 0.3) is 0 Å². The molecule has 0 aliphatic heterocycles. The van der Waals surface area contributed by atoms with E-state index in [4.69, 9.17) is 4.74 Å². The number of allylic oxidation sites excluding steroid dienone is 1. The fourth-order valence-electron chi connectivity index (χ4n) is 3.88. The Morgan fingerprint density at radius 3 is 1.58 bits per heavy atom. The lowest BCUT2D eigenvalue weighted by molar-refractivity contribution is -0.139. The number of carbonyl (C=O) groups is 1. The summed E-state index contributed by atoms with van der Waals surface area (Å²) in [6, 6.07) is 32.9. The van der Waals surface area contributed by atoms with Crippen LogP contribution in [0.1, 0.15) is 26.7 Å². The SMILES string of the molecule is CC(=O)OC/C=C(/C)CCC[P+](c1ccccc1)(c1ccccc1)c1ccccc1.[I-]. The van der Waals surface area contributed by atoms with E-state index in [1.807, 2.05) is 6.08 Å². The number of halogens is 1. The zero-order chi connectivity index (χ0) is 21.2. The van der Waals surface area contributed by atoms with Crippen molar-refractivity contribution in [1.82, 2.24) is 0 Å². The van der Waals surface area contributed by atoms with Crippen LogP contribution in [-0.2, 0) is 9.53 Å². The molecule has 3 aromatic carbocycles. The smallest absolute Gasteiger partial charge is 0.302 e. The molecule has 162 valence electrons. The van der Waals surface area contributed by atoms with Gasteiger partial charge in [0.1, 0.15) is 29.8 Å². The van der Waals surface area contributed by atoms with E-state index in [1.165, 1.54) is 28.4 Å². The lowest BCUT2D eigenvalue weighted by Gasteiger charge is -2.27. The average molecular weight is 544 g/mol.